The van der Waals surface area contributed by atoms with Crippen LogP contribution in [0.15, 0.2) is 171 Å². The third kappa shape index (κ3) is 12.2. The van der Waals surface area contributed by atoms with E-state index in [0.29, 0.717) is 35.5 Å². The lowest BCUT2D eigenvalue weighted by atomic mass is 9.61. The van der Waals surface area contributed by atoms with E-state index in [-0.39, 0.29) is 38.9 Å². The van der Waals surface area contributed by atoms with Crippen molar-refractivity contribution in [2.75, 3.05) is 0 Å². The summed E-state index contributed by atoms with van der Waals surface area (Å²) in [5.41, 5.74) is 24.5. The third-order valence-electron chi connectivity index (χ3n) is 18.2. The Kier molecular flexibility index (Phi) is 15.8. The average molecular weight is 976 g/mol. The van der Waals surface area contributed by atoms with Crippen LogP contribution in [0.25, 0.3) is 5.57 Å². The van der Waals surface area contributed by atoms with Crippen molar-refractivity contribution in [1.82, 2.24) is 0 Å². The van der Waals surface area contributed by atoms with Gasteiger partial charge in [0.05, 0.1) is 0 Å². The lowest BCUT2D eigenvalue weighted by Gasteiger charge is -2.43. The van der Waals surface area contributed by atoms with Gasteiger partial charge in [-0.3, -0.25) is 0 Å². The Balaban J connectivity index is 1.64. The fourth-order valence-electron chi connectivity index (χ4n) is 13.5. The Morgan fingerprint density at radius 3 is 2.08 bits per heavy atom. The molecule has 1 aromatic rings. The van der Waals surface area contributed by atoms with E-state index in [4.69, 9.17) is 0 Å². The van der Waals surface area contributed by atoms with Crippen LogP contribution in [0.3, 0.4) is 0 Å². The van der Waals surface area contributed by atoms with Gasteiger partial charge in [0.1, 0.15) is 0 Å². The molecule has 0 saturated heterocycles. The van der Waals surface area contributed by atoms with Gasteiger partial charge in [-0.05, 0) is 200 Å². The molecule has 7 atom stereocenters. The standard InChI is InChI=1S/C73H98/c1-19-26-61-60-33-32-51-44-63(55-42-58(71(10,11)12)45-59(43-55)72(13,14)15)62-30-24-22-20-21-23-27-48-28-25-29-50(35-48)67(62)64(54-38-52(47(2)3)39-57(41-54)70(7,8)9)46-65(68(51)61)66(73(16,17)18)34-31-49-36-53(60)40-56(37-49)69(4,5)6/h19-22,26,30-34,37-39,41-42,44-48,50,53,56,59,61,68H,23,25,27-29,35-36,40,43H2,1-18H3. The molecule has 0 heteroatoms. The first-order valence-corrected chi connectivity index (χ1v) is 29.1. The summed E-state index contributed by atoms with van der Waals surface area (Å²) in [5.74, 6) is 3.17. The van der Waals surface area contributed by atoms with Crippen LogP contribution in [0.4, 0.5) is 0 Å². The molecule has 8 rings (SSSR count). The highest BCUT2D eigenvalue weighted by molar-refractivity contribution is 5.87. The fraction of sp³-hybridized carbons (Fsp3) is 0.548. The van der Waals surface area contributed by atoms with Crippen LogP contribution in [0.2, 0.25) is 0 Å². The van der Waals surface area contributed by atoms with Gasteiger partial charge in [0.2, 0.25) is 0 Å². The van der Waals surface area contributed by atoms with E-state index in [0.717, 1.165) is 19.3 Å². The van der Waals surface area contributed by atoms with Gasteiger partial charge in [-0.25, -0.2) is 0 Å². The smallest absolute Gasteiger partial charge is 0.0193 e. The quantitative estimate of drug-likeness (QED) is 0.208. The molecule has 390 valence electrons. The molecular formula is C73H98. The monoisotopic (exact) mass is 975 g/mol. The van der Waals surface area contributed by atoms with Gasteiger partial charge in [-0.15, -0.1) is 5.73 Å². The molecule has 7 aliphatic carbocycles. The van der Waals surface area contributed by atoms with Crippen molar-refractivity contribution in [1.29, 1.82) is 0 Å². The number of benzene rings is 1. The molecule has 0 heterocycles. The van der Waals surface area contributed by atoms with Crippen LogP contribution < -0.4 is 0 Å². The number of hydrogen-bond donors (Lipinski definition) is 0. The molecule has 1 saturated carbocycles. The molecule has 0 N–H and O–H groups in total. The Morgan fingerprint density at radius 2 is 1.42 bits per heavy atom. The molecule has 0 amide bonds. The van der Waals surface area contributed by atoms with Crippen molar-refractivity contribution in [3.63, 3.8) is 0 Å². The van der Waals surface area contributed by atoms with E-state index in [1.54, 1.807) is 11.1 Å². The maximum Gasteiger partial charge on any atom is 0.0193 e. The minimum atomic E-state index is -0.137. The topological polar surface area (TPSA) is 0 Å². The zero-order valence-electron chi connectivity index (χ0n) is 49.4. The Hall–Kier alpha value is -4.38. The maximum absolute atomic E-state index is 3.90. The molecule has 0 aromatic heterocycles. The molecule has 0 spiro atoms. The Bertz CT molecular complexity index is 2740. The number of rotatable bonds is 4. The van der Waals surface area contributed by atoms with E-state index in [1.807, 2.05) is 0 Å². The summed E-state index contributed by atoms with van der Waals surface area (Å²) in [7, 11) is 0. The molecule has 1 aromatic carbocycles. The Labute approximate surface area is 447 Å². The second kappa shape index (κ2) is 21.0. The first-order valence-electron chi connectivity index (χ1n) is 29.1. The molecule has 7 aliphatic rings. The van der Waals surface area contributed by atoms with Gasteiger partial charge in [0.15, 0.2) is 0 Å². The molecule has 0 aliphatic heterocycles. The zero-order valence-corrected chi connectivity index (χ0v) is 49.4. The van der Waals surface area contributed by atoms with Crippen LogP contribution in [-0.4, -0.2) is 0 Å². The molecule has 7 unspecified atom stereocenters. The summed E-state index contributed by atoms with van der Waals surface area (Å²) in [6.45, 7) is 43.8. The van der Waals surface area contributed by atoms with Crippen LogP contribution >= 0.6 is 0 Å². The van der Waals surface area contributed by atoms with Gasteiger partial charge in [0, 0.05) is 11.8 Å². The number of fused-ring (bicyclic) bond motifs is 7. The molecule has 0 nitrogen and oxygen atoms in total. The molecular weight excluding hydrogens is 877 g/mol. The first kappa shape index (κ1) is 54.9. The average Bonchev–Trinajstić information content (AvgIpc) is 3.35. The van der Waals surface area contributed by atoms with Crippen molar-refractivity contribution >= 4 is 5.57 Å². The highest BCUT2D eigenvalue weighted by Gasteiger charge is 2.42. The largest absolute Gasteiger partial charge is 0.120 e. The molecule has 1 fully saturated rings. The minimum Gasteiger partial charge on any atom is -0.120 e. The SMILES string of the molecule is CC=CC1C2=CC=C3C=C(C4=CC(C(C)(C)C)=CC(C(C)(C)C)C4)C4=C(C(c5cc(C(C)C)cc(C(C)(C)C)c5)=CC(=C(C(C)(C)C)C=CC5=CC(C(C)(C)C)CC2C5)C31)C1CCCC(CCC=CC=C=C4)C1. The fourth-order valence-corrected chi connectivity index (χ4v) is 13.5. The number of allylic oxidation sites excluding steroid dienone is 25. The highest BCUT2D eigenvalue weighted by Crippen LogP contribution is 2.56. The zero-order chi connectivity index (χ0) is 53.0. The predicted octanol–water partition coefficient (Wildman–Crippen LogP) is 21.1. The van der Waals surface area contributed by atoms with Crippen molar-refractivity contribution in [3.05, 3.63) is 187 Å². The summed E-state index contributed by atoms with van der Waals surface area (Å²) >= 11 is 0. The second-order valence-electron chi connectivity index (χ2n) is 29.3. The summed E-state index contributed by atoms with van der Waals surface area (Å²) in [6.07, 6.45) is 49.0. The van der Waals surface area contributed by atoms with E-state index in [2.05, 4.69) is 240 Å². The molecule has 0 radical (unpaired) electrons. The van der Waals surface area contributed by atoms with Gasteiger partial charge in [-0.1, -0.05) is 233 Å². The normalized spacial score (nSPS) is 27.6. The number of hydrogen-bond acceptors (Lipinski definition) is 0. The van der Waals surface area contributed by atoms with Crippen molar-refractivity contribution in [2.45, 2.75) is 194 Å². The summed E-state index contributed by atoms with van der Waals surface area (Å²) in [6, 6.07) is 7.77. The van der Waals surface area contributed by atoms with Crippen LogP contribution in [0.1, 0.15) is 205 Å². The summed E-state index contributed by atoms with van der Waals surface area (Å²) in [4.78, 5) is 0. The molecule has 73 heavy (non-hydrogen) atoms. The second-order valence-corrected chi connectivity index (χ2v) is 29.3. The summed E-state index contributed by atoms with van der Waals surface area (Å²) in [5, 5.41) is 0. The molecule has 6 bridgehead atoms. The van der Waals surface area contributed by atoms with Gasteiger partial charge >= 0.3 is 0 Å². The van der Waals surface area contributed by atoms with E-state index < -0.39 is 0 Å². The third-order valence-corrected chi connectivity index (χ3v) is 18.2. The first-order chi connectivity index (χ1) is 34.1. The van der Waals surface area contributed by atoms with Crippen LogP contribution in [0.5, 0.6) is 0 Å². The van der Waals surface area contributed by atoms with Crippen LogP contribution in [0, 0.1) is 63.1 Å². The van der Waals surface area contributed by atoms with E-state index in [9.17, 15) is 0 Å². The van der Waals surface area contributed by atoms with Crippen molar-refractivity contribution in [2.24, 2.45) is 63.1 Å². The van der Waals surface area contributed by atoms with Gasteiger partial charge in [0.25, 0.3) is 0 Å². The van der Waals surface area contributed by atoms with Gasteiger partial charge < -0.3 is 0 Å². The maximum atomic E-state index is 3.90. The summed E-state index contributed by atoms with van der Waals surface area (Å²) < 4.78 is 0. The minimum absolute atomic E-state index is 0.00208. The van der Waals surface area contributed by atoms with Gasteiger partial charge in [-0.2, -0.15) is 0 Å². The highest BCUT2D eigenvalue weighted by atomic mass is 14.5. The Morgan fingerprint density at radius 1 is 0.685 bits per heavy atom. The van der Waals surface area contributed by atoms with Crippen molar-refractivity contribution < 1.29 is 0 Å². The lowest BCUT2D eigenvalue weighted by molar-refractivity contribution is 0.235. The van der Waals surface area contributed by atoms with Crippen molar-refractivity contribution in [3.8, 4) is 0 Å². The lowest BCUT2D eigenvalue weighted by Crippen LogP contribution is -2.32. The predicted molar refractivity (Wildman–Crippen MR) is 319 cm³/mol. The van der Waals surface area contributed by atoms with Crippen LogP contribution in [-0.2, 0) is 5.41 Å². The van der Waals surface area contributed by atoms with E-state index in [1.165, 1.54) is 105 Å². The van der Waals surface area contributed by atoms with E-state index >= 15 is 0 Å².